The zero-order chi connectivity index (χ0) is 11.3. The number of aryl methyl sites for hydroxylation is 1. The zero-order valence-electron chi connectivity index (χ0n) is 10.6. The van der Waals surface area contributed by atoms with E-state index in [-0.39, 0.29) is 0 Å². The molecule has 0 saturated heterocycles. The fourth-order valence-electron chi connectivity index (χ4n) is 2.51. The van der Waals surface area contributed by atoms with Gasteiger partial charge >= 0.3 is 0 Å². The smallest absolute Gasteiger partial charge is 0.0765 e. The minimum Gasteiger partial charge on any atom is -0.0765 e. The maximum Gasteiger partial charge on any atom is 0.147 e. The highest BCUT2D eigenvalue weighted by Gasteiger charge is 2.21. The van der Waals surface area contributed by atoms with Crippen LogP contribution >= 0.6 is 0 Å². The average Bonchev–Trinajstić information content (AvgIpc) is 2.27. The lowest BCUT2D eigenvalue weighted by Crippen LogP contribution is -2.21. The summed E-state index contributed by atoms with van der Waals surface area (Å²) in [4.78, 5) is 0. The number of rotatable bonds is 5. The van der Waals surface area contributed by atoms with Gasteiger partial charge in [-0.3, -0.25) is 0 Å². The van der Waals surface area contributed by atoms with Crippen LogP contribution in [0.3, 0.4) is 0 Å². The van der Waals surface area contributed by atoms with Crippen molar-refractivity contribution in [1.82, 2.24) is 0 Å². The lowest BCUT2D eigenvalue weighted by molar-refractivity contribution is 0.845. The van der Waals surface area contributed by atoms with Crippen LogP contribution in [0, 0.1) is 6.92 Å². The molecule has 0 saturated carbocycles. The molecular formula is C14H23B. The van der Waals surface area contributed by atoms with Gasteiger partial charge in [0, 0.05) is 0 Å². The molecule has 0 fully saturated rings. The van der Waals surface area contributed by atoms with Gasteiger partial charge in [0.2, 0.25) is 0 Å². The van der Waals surface area contributed by atoms with Crippen LogP contribution in [0.1, 0.15) is 44.1 Å². The third kappa shape index (κ3) is 3.12. The number of hydrogen-bond acceptors (Lipinski definition) is 0. The largest absolute Gasteiger partial charge is 0.147 e. The van der Waals surface area contributed by atoms with Crippen molar-refractivity contribution >= 4 is 6.71 Å². The lowest BCUT2D eigenvalue weighted by Gasteiger charge is -2.21. The van der Waals surface area contributed by atoms with E-state index in [1.165, 1.54) is 30.2 Å². The molecule has 1 rings (SSSR count). The molecule has 15 heavy (non-hydrogen) atoms. The second kappa shape index (κ2) is 6.00. The van der Waals surface area contributed by atoms with Crippen LogP contribution in [-0.2, 0) is 0 Å². The molecule has 0 N–H and O–H groups in total. The van der Waals surface area contributed by atoms with Crippen molar-refractivity contribution < 1.29 is 0 Å². The van der Waals surface area contributed by atoms with Gasteiger partial charge in [-0.2, -0.15) is 0 Å². The van der Waals surface area contributed by atoms with E-state index in [0.717, 1.165) is 12.5 Å². The highest BCUT2D eigenvalue weighted by molar-refractivity contribution is 6.60. The minimum atomic E-state index is 0.751. The topological polar surface area (TPSA) is 0 Å². The van der Waals surface area contributed by atoms with E-state index in [9.17, 15) is 0 Å². The first-order chi connectivity index (χ1) is 7.22. The Morgan fingerprint density at radius 1 is 1.00 bits per heavy atom. The summed E-state index contributed by atoms with van der Waals surface area (Å²) >= 11 is 0. The molecule has 0 unspecified atom stereocenters. The van der Waals surface area contributed by atoms with E-state index in [1.54, 1.807) is 0 Å². The Morgan fingerprint density at radius 2 is 1.53 bits per heavy atom. The molecule has 0 aliphatic rings. The summed E-state index contributed by atoms with van der Waals surface area (Å²) in [5.74, 6) is 0.751. The van der Waals surface area contributed by atoms with E-state index < -0.39 is 0 Å². The Hall–Kier alpha value is -0.715. The average molecular weight is 202 g/mol. The van der Waals surface area contributed by atoms with Crippen molar-refractivity contribution in [2.45, 2.75) is 52.6 Å². The number of hydrogen-bond donors (Lipinski definition) is 0. The minimum absolute atomic E-state index is 0.751. The Bertz CT molecular complexity index is 272. The molecule has 1 aromatic rings. The fraction of sp³-hybridized carbons (Fsp3) is 0.571. The lowest BCUT2D eigenvalue weighted by atomic mass is 9.36. The summed E-state index contributed by atoms with van der Waals surface area (Å²) in [6.07, 6.45) is 3.85. The van der Waals surface area contributed by atoms with Crippen LogP contribution in [0.15, 0.2) is 24.3 Å². The van der Waals surface area contributed by atoms with Crippen molar-refractivity contribution in [3.63, 3.8) is 0 Å². The molecule has 0 radical (unpaired) electrons. The van der Waals surface area contributed by atoms with Gasteiger partial charge in [-0.15, -0.1) is 0 Å². The van der Waals surface area contributed by atoms with E-state index in [4.69, 9.17) is 0 Å². The number of benzene rings is 1. The molecule has 0 aromatic heterocycles. The molecule has 1 atom stereocenters. The molecular weight excluding hydrogens is 179 g/mol. The third-order valence-electron chi connectivity index (χ3n) is 3.56. The van der Waals surface area contributed by atoms with E-state index in [0.29, 0.717) is 0 Å². The quantitative estimate of drug-likeness (QED) is 0.614. The summed E-state index contributed by atoms with van der Waals surface area (Å²) in [6, 6.07) is 9.09. The van der Waals surface area contributed by atoms with Crippen LogP contribution in [0.2, 0.25) is 12.6 Å². The van der Waals surface area contributed by atoms with E-state index in [1.807, 2.05) is 0 Å². The first-order valence-electron chi connectivity index (χ1n) is 6.29. The summed E-state index contributed by atoms with van der Waals surface area (Å²) in [5.41, 5.74) is 2.88. The van der Waals surface area contributed by atoms with Crippen LogP contribution < -0.4 is 0 Å². The second-order valence-electron chi connectivity index (χ2n) is 4.50. The zero-order valence-corrected chi connectivity index (χ0v) is 10.6. The molecule has 0 heterocycles. The molecule has 0 nitrogen and oxygen atoms in total. The maximum atomic E-state index is 2.31. The second-order valence-corrected chi connectivity index (χ2v) is 4.50. The van der Waals surface area contributed by atoms with Gasteiger partial charge in [0.05, 0.1) is 0 Å². The van der Waals surface area contributed by atoms with Gasteiger partial charge < -0.3 is 0 Å². The highest BCUT2D eigenvalue weighted by Crippen LogP contribution is 2.26. The SMILES string of the molecule is CCB(CC)[C@@H](CC)c1ccc(C)cc1. The first-order valence-corrected chi connectivity index (χ1v) is 6.29. The van der Waals surface area contributed by atoms with Crippen molar-refractivity contribution in [2.24, 2.45) is 0 Å². The fourth-order valence-corrected chi connectivity index (χ4v) is 2.51. The van der Waals surface area contributed by atoms with Crippen molar-refractivity contribution in [1.29, 1.82) is 0 Å². The molecule has 0 amide bonds. The van der Waals surface area contributed by atoms with Crippen LogP contribution in [-0.4, -0.2) is 6.71 Å². The Morgan fingerprint density at radius 3 is 1.93 bits per heavy atom. The molecule has 1 aromatic carbocycles. The van der Waals surface area contributed by atoms with Gasteiger partial charge in [0.15, 0.2) is 0 Å². The Kier molecular flexibility index (Phi) is 4.94. The van der Waals surface area contributed by atoms with Gasteiger partial charge in [0.1, 0.15) is 6.71 Å². The van der Waals surface area contributed by atoms with Crippen molar-refractivity contribution in [3.05, 3.63) is 35.4 Å². The summed E-state index contributed by atoms with van der Waals surface area (Å²) in [7, 11) is 0. The predicted octanol–water partition coefficient (Wildman–Crippen LogP) is 4.56. The summed E-state index contributed by atoms with van der Waals surface area (Å²) in [6.45, 7) is 9.93. The molecule has 0 bridgehead atoms. The van der Waals surface area contributed by atoms with Gasteiger partial charge in [-0.25, -0.2) is 0 Å². The highest BCUT2D eigenvalue weighted by atomic mass is 14.1. The van der Waals surface area contributed by atoms with E-state index in [2.05, 4.69) is 52.0 Å². The maximum absolute atomic E-state index is 2.31. The molecule has 0 aliphatic carbocycles. The Labute approximate surface area is 95.2 Å². The molecule has 1 heteroatoms. The molecule has 0 aliphatic heterocycles. The molecule has 0 spiro atoms. The molecule has 82 valence electrons. The monoisotopic (exact) mass is 202 g/mol. The van der Waals surface area contributed by atoms with Gasteiger partial charge in [-0.1, -0.05) is 75.2 Å². The first kappa shape index (κ1) is 12.4. The van der Waals surface area contributed by atoms with Crippen LogP contribution in [0.5, 0.6) is 0 Å². The standard InChI is InChI=1S/C14H23B/c1-5-14(15(6-2)7-3)13-10-8-12(4)9-11-13/h8-11,14H,5-7H2,1-4H3/t14-/m0/s1. The van der Waals surface area contributed by atoms with Crippen LogP contribution in [0.25, 0.3) is 0 Å². The van der Waals surface area contributed by atoms with E-state index >= 15 is 0 Å². The summed E-state index contributed by atoms with van der Waals surface area (Å²) < 4.78 is 0. The normalized spacial score (nSPS) is 12.5. The van der Waals surface area contributed by atoms with Gasteiger partial charge in [-0.05, 0) is 12.7 Å². The van der Waals surface area contributed by atoms with Gasteiger partial charge in [0.25, 0.3) is 0 Å². The third-order valence-corrected chi connectivity index (χ3v) is 3.56. The summed E-state index contributed by atoms with van der Waals surface area (Å²) in [5, 5.41) is 0. The van der Waals surface area contributed by atoms with Crippen molar-refractivity contribution in [2.75, 3.05) is 0 Å². The van der Waals surface area contributed by atoms with Crippen LogP contribution in [0.4, 0.5) is 0 Å². The predicted molar refractivity (Wildman–Crippen MR) is 70.9 cm³/mol. The Balaban J connectivity index is 2.86. The van der Waals surface area contributed by atoms with Crippen molar-refractivity contribution in [3.8, 4) is 0 Å².